The predicted molar refractivity (Wildman–Crippen MR) is 69.0 cm³/mol. The molecule has 1 aliphatic heterocycles. The monoisotopic (exact) mass is 232 g/mol. The van der Waals surface area contributed by atoms with Gasteiger partial charge in [0.15, 0.2) is 0 Å². The summed E-state index contributed by atoms with van der Waals surface area (Å²) in [5, 5.41) is 3.14. The Morgan fingerprint density at radius 2 is 2.06 bits per heavy atom. The number of hydrogen-bond acceptors (Lipinski definition) is 2. The number of carbonyl (C=O) groups is 1. The molecule has 17 heavy (non-hydrogen) atoms. The molecule has 92 valence electrons. The van der Waals surface area contributed by atoms with E-state index in [0.717, 1.165) is 25.1 Å². The number of amides is 1. The highest BCUT2D eigenvalue weighted by atomic mass is 16.1. The molecule has 1 aromatic carbocycles. The van der Waals surface area contributed by atoms with Crippen LogP contribution in [0.15, 0.2) is 30.3 Å². The molecule has 2 unspecified atom stereocenters. The van der Waals surface area contributed by atoms with Crippen molar-refractivity contribution in [2.45, 2.75) is 19.4 Å². The minimum Gasteiger partial charge on any atom is -0.349 e. The zero-order valence-electron chi connectivity index (χ0n) is 10.5. The van der Waals surface area contributed by atoms with E-state index in [2.05, 4.69) is 24.2 Å². The largest absolute Gasteiger partial charge is 0.349 e. The van der Waals surface area contributed by atoms with Crippen molar-refractivity contribution in [2.75, 3.05) is 20.1 Å². The molecule has 1 heterocycles. The van der Waals surface area contributed by atoms with E-state index in [1.807, 2.05) is 30.3 Å². The van der Waals surface area contributed by atoms with Crippen molar-refractivity contribution in [1.29, 1.82) is 0 Å². The van der Waals surface area contributed by atoms with Crippen LogP contribution < -0.4 is 5.32 Å². The number of hydrogen-bond donors (Lipinski definition) is 1. The van der Waals surface area contributed by atoms with Gasteiger partial charge in [-0.05, 0) is 38.1 Å². The average molecular weight is 232 g/mol. The molecule has 3 heteroatoms. The molecule has 3 nitrogen and oxygen atoms in total. The molecule has 0 aromatic heterocycles. The van der Waals surface area contributed by atoms with Gasteiger partial charge in [-0.15, -0.1) is 0 Å². The fourth-order valence-electron chi connectivity index (χ4n) is 2.41. The smallest absolute Gasteiger partial charge is 0.251 e. The molecule has 0 aliphatic carbocycles. The van der Waals surface area contributed by atoms with Crippen molar-refractivity contribution >= 4 is 5.91 Å². The van der Waals surface area contributed by atoms with Crippen molar-refractivity contribution < 1.29 is 4.79 Å². The molecular weight excluding hydrogens is 212 g/mol. The molecule has 1 saturated heterocycles. The number of piperidine rings is 1. The molecule has 1 amide bonds. The highest BCUT2D eigenvalue weighted by Crippen LogP contribution is 2.15. The maximum atomic E-state index is 12.0. The van der Waals surface area contributed by atoms with Gasteiger partial charge in [0.25, 0.3) is 5.91 Å². The first-order valence-electron chi connectivity index (χ1n) is 6.21. The van der Waals surface area contributed by atoms with Gasteiger partial charge < -0.3 is 10.2 Å². The molecule has 1 N–H and O–H groups in total. The van der Waals surface area contributed by atoms with E-state index in [9.17, 15) is 4.79 Å². The minimum atomic E-state index is 0.0482. The van der Waals surface area contributed by atoms with Gasteiger partial charge in [0.2, 0.25) is 0 Å². The summed E-state index contributed by atoms with van der Waals surface area (Å²) < 4.78 is 0. The molecule has 2 atom stereocenters. The third kappa shape index (κ3) is 3.07. The maximum absolute atomic E-state index is 12.0. The Kier molecular flexibility index (Phi) is 3.79. The van der Waals surface area contributed by atoms with Crippen molar-refractivity contribution in [1.82, 2.24) is 10.2 Å². The first-order valence-corrected chi connectivity index (χ1v) is 6.21. The standard InChI is InChI=1S/C14H20N2O/c1-11-10-16(2)9-8-13(11)15-14(17)12-6-4-3-5-7-12/h3-7,11,13H,8-10H2,1-2H3,(H,15,17). The van der Waals surface area contributed by atoms with Gasteiger partial charge in [-0.3, -0.25) is 4.79 Å². The van der Waals surface area contributed by atoms with Gasteiger partial charge in [0.05, 0.1) is 0 Å². The number of benzene rings is 1. The third-order valence-electron chi connectivity index (χ3n) is 3.46. The molecular formula is C14H20N2O. The number of nitrogens with one attached hydrogen (secondary N) is 1. The normalized spacial score (nSPS) is 25.5. The van der Waals surface area contributed by atoms with Crippen LogP contribution in [0.25, 0.3) is 0 Å². The van der Waals surface area contributed by atoms with E-state index in [4.69, 9.17) is 0 Å². The Balaban J connectivity index is 1.95. The SMILES string of the molecule is CC1CN(C)CCC1NC(=O)c1ccccc1. The second kappa shape index (κ2) is 5.32. The molecule has 2 rings (SSSR count). The average Bonchev–Trinajstić information content (AvgIpc) is 2.34. The fourth-order valence-corrected chi connectivity index (χ4v) is 2.41. The zero-order chi connectivity index (χ0) is 12.3. The molecule has 1 aliphatic rings. The third-order valence-corrected chi connectivity index (χ3v) is 3.46. The number of nitrogens with zero attached hydrogens (tertiary/aromatic N) is 1. The van der Waals surface area contributed by atoms with E-state index >= 15 is 0 Å². The quantitative estimate of drug-likeness (QED) is 0.842. The van der Waals surface area contributed by atoms with Crippen molar-refractivity contribution in [3.8, 4) is 0 Å². The van der Waals surface area contributed by atoms with Gasteiger partial charge in [-0.25, -0.2) is 0 Å². The van der Waals surface area contributed by atoms with E-state index < -0.39 is 0 Å². The van der Waals surface area contributed by atoms with Gasteiger partial charge in [-0.1, -0.05) is 25.1 Å². The number of likely N-dealkylation sites (tertiary alicyclic amines) is 1. The van der Waals surface area contributed by atoms with Crippen LogP contribution in [0.5, 0.6) is 0 Å². The summed E-state index contributed by atoms with van der Waals surface area (Å²) in [4.78, 5) is 14.3. The zero-order valence-corrected chi connectivity index (χ0v) is 10.5. The van der Waals surface area contributed by atoms with Crippen LogP contribution in [0, 0.1) is 5.92 Å². The van der Waals surface area contributed by atoms with Crippen LogP contribution in [0.4, 0.5) is 0 Å². The Bertz CT molecular complexity index is 377. The predicted octanol–water partition coefficient (Wildman–Crippen LogP) is 1.76. The summed E-state index contributed by atoms with van der Waals surface area (Å²) in [6, 6.07) is 9.73. The molecule has 0 bridgehead atoms. The van der Waals surface area contributed by atoms with Crippen LogP contribution >= 0.6 is 0 Å². The lowest BCUT2D eigenvalue weighted by Crippen LogP contribution is -2.48. The highest BCUT2D eigenvalue weighted by molar-refractivity contribution is 5.94. The van der Waals surface area contributed by atoms with Crippen LogP contribution in [0.2, 0.25) is 0 Å². The lowest BCUT2D eigenvalue weighted by Gasteiger charge is -2.35. The lowest BCUT2D eigenvalue weighted by molar-refractivity contribution is 0.0884. The summed E-state index contributed by atoms with van der Waals surface area (Å²) >= 11 is 0. The first-order chi connectivity index (χ1) is 8.16. The van der Waals surface area contributed by atoms with E-state index in [-0.39, 0.29) is 5.91 Å². The maximum Gasteiger partial charge on any atom is 0.251 e. The van der Waals surface area contributed by atoms with Crippen LogP contribution in [-0.2, 0) is 0 Å². The summed E-state index contributed by atoms with van der Waals surface area (Å²) in [6.07, 6.45) is 1.04. The minimum absolute atomic E-state index is 0.0482. The number of carbonyl (C=O) groups excluding carboxylic acids is 1. The molecule has 1 aromatic rings. The highest BCUT2D eigenvalue weighted by Gasteiger charge is 2.25. The molecule has 1 fully saturated rings. The summed E-state index contributed by atoms with van der Waals surface area (Å²) in [7, 11) is 2.13. The molecule has 0 radical (unpaired) electrons. The first kappa shape index (κ1) is 12.1. The number of rotatable bonds is 2. The van der Waals surface area contributed by atoms with Crippen LogP contribution in [0.1, 0.15) is 23.7 Å². The topological polar surface area (TPSA) is 32.3 Å². The van der Waals surface area contributed by atoms with Crippen LogP contribution in [0.3, 0.4) is 0 Å². The Morgan fingerprint density at radius 3 is 2.71 bits per heavy atom. The van der Waals surface area contributed by atoms with Crippen molar-refractivity contribution in [3.63, 3.8) is 0 Å². The van der Waals surface area contributed by atoms with E-state index in [0.29, 0.717) is 12.0 Å². The van der Waals surface area contributed by atoms with Crippen molar-refractivity contribution in [2.24, 2.45) is 5.92 Å². The van der Waals surface area contributed by atoms with Crippen LogP contribution in [-0.4, -0.2) is 37.0 Å². The van der Waals surface area contributed by atoms with Gasteiger partial charge in [-0.2, -0.15) is 0 Å². The van der Waals surface area contributed by atoms with E-state index in [1.165, 1.54) is 0 Å². The van der Waals surface area contributed by atoms with Crippen molar-refractivity contribution in [3.05, 3.63) is 35.9 Å². The lowest BCUT2D eigenvalue weighted by atomic mass is 9.94. The summed E-state index contributed by atoms with van der Waals surface area (Å²) in [5.41, 5.74) is 0.749. The van der Waals surface area contributed by atoms with Gasteiger partial charge in [0, 0.05) is 18.2 Å². The van der Waals surface area contributed by atoms with Gasteiger partial charge >= 0.3 is 0 Å². The Hall–Kier alpha value is -1.35. The van der Waals surface area contributed by atoms with E-state index in [1.54, 1.807) is 0 Å². The fraction of sp³-hybridized carbons (Fsp3) is 0.500. The second-order valence-corrected chi connectivity index (χ2v) is 4.97. The molecule has 0 saturated carbocycles. The summed E-state index contributed by atoms with van der Waals surface area (Å²) in [6.45, 7) is 4.31. The molecule has 0 spiro atoms. The Labute approximate surface area is 103 Å². The Morgan fingerprint density at radius 1 is 1.35 bits per heavy atom. The van der Waals surface area contributed by atoms with Gasteiger partial charge in [0.1, 0.15) is 0 Å². The second-order valence-electron chi connectivity index (χ2n) is 4.97. The summed E-state index contributed by atoms with van der Waals surface area (Å²) in [5.74, 6) is 0.563.